The molecule has 2 saturated heterocycles. The van der Waals surface area contributed by atoms with Crippen LogP contribution in [0.3, 0.4) is 0 Å². The third-order valence-electron chi connectivity index (χ3n) is 2.94. The van der Waals surface area contributed by atoms with Crippen LogP contribution in [-0.2, 0) is 4.74 Å². The van der Waals surface area contributed by atoms with E-state index in [4.69, 9.17) is 4.74 Å². The standard InChI is InChI=1S/C9H17NO3/c11-8-4-10(5-9(8)12)7-2-1-3-13-6-7/h7-9,11-12H,1-6H2/t7?,8-,9+. The molecule has 2 rings (SSSR count). The Balaban J connectivity index is 1.87. The van der Waals surface area contributed by atoms with E-state index in [2.05, 4.69) is 4.90 Å². The van der Waals surface area contributed by atoms with Crippen LogP contribution in [0.25, 0.3) is 0 Å². The van der Waals surface area contributed by atoms with Gasteiger partial charge in [-0.3, -0.25) is 4.90 Å². The molecule has 0 spiro atoms. The predicted octanol–water partition coefficient (Wildman–Crippen LogP) is -0.797. The van der Waals surface area contributed by atoms with Crippen LogP contribution in [0.4, 0.5) is 0 Å². The van der Waals surface area contributed by atoms with Gasteiger partial charge in [0.2, 0.25) is 0 Å². The van der Waals surface area contributed by atoms with Crippen molar-refractivity contribution in [2.75, 3.05) is 26.3 Å². The van der Waals surface area contributed by atoms with Gasteiger partial charge in [-0.2, -0.15) is 0 Å². The second kappa shape index (κ2) is 3.92. The Morgan fingerprint density at radius 2 is 1.85 bits per heavy atom. The molecule has 2 N–H and O–H groups in total. The zero-order valence-electron chi connectivity index (χ0n) is 7.72. The Hall–Kier alpha value is -0.160. The molecule has 2 fully saturated rings. The monoisotopic (exact) mass is 187 g/mol. The van der Waals surface area contributed by atoms with E-state index in [-0.39, 0.29) is 0 Å². The van der Waals surface area contributed by atoms with Gasteiger partial charge in [-0.15, -0.1) is 0 Å². The van der Waals surface area contributed by atoms with Crippen molar-refractivity contribution in [2.24, 2.45) is 0 Å². The van der Waals surface area contributed by atoms with E-state index >= 15 is 0 Å². The van der Waals surface area contributed by atoms with Crippen LogP contribution >= 0.6 is 0 Å². The maximum atomic E-state index is 9.37. The predicted molar refractivity (Wildman–Crippen MR) is 47.4 cm³/mol. The van der Waals surface area contributed by atoms with Gasteiger partial charge in [-0.25, -0.2) is 0 Å². The number of aliphatic hydroxyl groups is 2. The number of ether oxygens (including phenoxy) is 1. The van der Waals surface area contributed by atoms with Crippen molar-refractivity contribution in [1.29, 1.82) is 0 Å². The molecular weight excluding hydrogens is 170 g/mol. The fourth-order valence-electron chi connectivity index (χ4n) is 2.11. The largest absolute Gasteiger partial charge is 0.389 e. The fraction of sp³-hybridized carbons (Fsp3) is 1.00. The Morgan fingerprint density at radius 1 is 1.15 bits per heavy atom. The van der Waals surface area contributed by atoms with Gasteiger partial charge < -0.3 is 14.9 Å². The number of rotatable bonds is 1. The molecule has 0 aromatic carbocycles. The van der Waals surface area contributed by atoms with Gasteiger partial charge in [-0.05, 0) is 12.8 Å². The molecule has 13 heavy (non-hydrogen) atoms. The van der Waals surface area contributed by atoms with Crippen LogP contribution in [-0.4, -0.2) is 59.7 Å². The lowest BCUT2D eigenvalue weighted by molar-refractivity contribution is 0.0217. The lowest BCUT2D eigenvalue weighted by Gasteiger charge is -2.30. The van der Waals surface area contributed by atoms with Crippen LogP contribution in [0.5, 0.6) is 0 Å². The molecule has 0 amide bonds. The summed E-state index contributed by atoms with van der Waals surface area (Å²) in [7, 11) is 0. The van der Waals surface area contributed by atoms with E-state index in [0.717, 1.165) is 26.1 Å². The summed E-state index contributed by atoms with van der Waals surface area (Å²) in [4.78, 5) is 2.13. The van der Waals surface area contributed by atoms with Crippen LogP contribution < -0.4 is 0 Å². The smallest absolute Gasteiger partial charge is 0.0938 e. The van der Waals surface area contributed by atoms with Crippen LogP contribution in [0.1, 0.15) is 12.8 Å². The maximum Gasteiger partial charge on any atom is 0.0938 e. The molecule has 1 unspecified atom stereocenters. The van der Waals surface area contributed by atoms with Crippen molar-refractivity contribution < 1.29 is 14.9 Å². The Labute approximate surface area is 78.1 Å². The highest BCUT2D eigenvalue weighted by Crippen LogP contribution is 2.19. The second-order valence-corrected chi connectivity index (χ2v) is 3.96. The summed E-state index contributed by atoms with van der Waals surface area (Å²) in [6, 6.07) is 0.403. The van der Waals surface area contributed by atoms with Crippen molar-refractivity contribution in [1.82, 2.24) is 4.90 Å². The molecule has 2 heterocycles. The molecule has 2 aliphatic rings. The van der Waals surface area contributed by atoms with E-state index in [9.17, 15) is 10.2 Å². The first kappa shape index (κ1) is 9.40. The minimum absolute atomic E-state index is 0.403. The lowest BCUT2D eigenvalue weighted by atomic mass is 10.1. The third kappa shape index (κ3) is 2.02. The topological polar surface area (TPSA) is 52.9 Å². The van der Waals surface area contributed by atoms with Crippen LogP contribution in [0.2, 0.25) is 0 Å². The molecule has 0 aromatic heterocycles. The minimum atomic E-state index is -0.568. The average Bonchev–Trinajstić information content (AvgIpc) is 2.49. The molecule has 76 valence electrons. The second-order valence-electron chi connectivity index (χ2n) is 3.96. The molecule has 0 saturated carbocycles. The van der Waals surface area contributed by atoms with Crippen molar-refractivity contribution in [2.45, 2.75) is 31.1 Å². The van der Waals surface area contributed by atoms with Crippen molar-refractivity contribution in [3.05, 3.63) is 0 Å². The van der Waals surface area contributed by atoms with E-state index in [0.29, 0.717) is 19.1 Å². The fourth-order valence-corrected chi connectivity index (χ4v) is 2.11. The van der Waals surface area contributed by atoms with Gasteiger partial charge in [0.05, 0.1) is 18.8 Å². The van der Waals surface area contributed by atoms with Gasteiger partial charge in [0, 0.05) is 25.7 Å². The summed E-state index contributed by atoms with van der Waals surface area (Å²) in [5.41, 5.74) is 0. The first-order valence-corrected chi connectivity index (χ1v) is 4.95. The van der Waals surface area contributed by atoms with Crippen LogP contribution in [0, 0.1) is 0 Å². The third-order valence-corrected chi connectivity index (χ3v) is 2.94. The van der Waals surface area contributed by atoms with E-state index in [1.807, 2.05) is 0 Å². The Morgan fingerprint density at radius 3 is 2.38 bits per heavy atom. The maximum absolute atomic E-state index is 9.37. The molecular formula is C9H17NO3. The number of aliphatic hydroxyl groups excluding tert-OH is 2. The van der Waals surface area contributed by atoms with Gasteiger partial charge in [-0.1, -0.05) is 0 Å². The van der Waals surface area contributed by atoms with Gasteiger partial charge in [0.1, 0.15) is 0 Å². The SMILES string of the molecule is O[C@@H]1CN(C2CCCOC2)C[C@@H]1O. The Kier molecular flexibility index (Phi) is 2.83. The summed E-state index contributed by atoms with van der Waals surface area (Å²) >= 11 is 0. The first-order chi connectivity index (χ1) is 6.27. The Bertz CT molecular complexity index is 160. The summed E-state index contributed by atoms with van der Waals surface area (Å²) in [6.45, 7) is 2.79. The molecule has 0 bridgehead atoms. The highest BCUT2D eigenvalue weighted by Gasteiger charge is 2.34. The lowest BCUT2D eigenvalue weighted by Crippen LogP contribution is -2.40. The van der Waals surface area contributed by atoms with Crippen molar-refractivity contribution in [3.8, 4) is 0 Å². The molecule has 0 radical (unpaired) electrons. The number of hydrogen-bond acceptors (Lipinski definition) is 4. The summed E-state index contributed by atoms with van der Waals surface area (Å²) in [6.07, 6.45) is 1.08. The summed E-state index contributed by atoms with van der Waals surface area (Å²) in [5, 5.41) is 18.7. The quantitative estimate of drug-likeness (QED) is 0.564. The highest BCUT2D eigenvalue weighted by molar-refractivity contribution is 4.88. The van der Waals surface area contributed by atoms with E-state index < -0.39 is 12.2 Å². The zero-order valence-corrected chi connectivity index (χ0v) is 7.72. The number of hydrogen-bond donors (Lipinski definition) is 2. The zero-order chi connectivity index (χ0) is 9.26. The van der Waals surface area contributed by atoms with Gasteiger partial charge in [0.15, 0.2) is 0 Å². The van der Waals surface area contributed by atoms with Crippen LogP contribution in [0.15, 0.2) is 0 Å². The average molecular weight is 187 g/mol. The van der Waals surface area contributed by atoms with Crippen molar-refractivity contribution in [3.63, 3.8) is 0 Å². The minimum Gasteiger partial charge on any atom is -0.389 e. The van der Waals surface area contributed by atoms with Gasteiger partial charge in [0.25, 0.3) is 0 Å². The normalized spacial score (nSPS) is 42.5. The highest BCUT2D eigenvalue weighted by atomic mass is 16.5. The molecule has 4 nitrogen and oxygen atoms in total. The van der Waals surface area contributed by atoms with Gasteiger partial charge >= 0.3 is 0 Å². The first-order valence-electron chi connectivity index (χ1n) is 4.95. The number of likely N-dealkylation sites (tertiary alicyclic amines) is 1. The van der Waals surface area contributed by atoms with E-state index in [1.54, 1.807) is 0 Å². The molecule has 0 aliphatic carbocycles. The number of β-amino-alcohol motifs (C(OH)–C–C–N with tert-alkyl or cyclic N) is 2. The summed E-state index contributed by atoms with van der Waals surface area (Å²) in [5.74, 6) is 0. The summed E-state index contributed by atoms with van der Waals surface area (Å²) < 4.78 is 5.36. The molecule has 3 atom stereocenters. The number of nitrogens with zero attached hydrogens (tertiary/aromatic N) is 1. The molecule has 2 aliphatic heterocycles. The molecule has 4 heteroatoms. The molecule has 0 aromatic rings. The van der Waals surface area contributed by atoms with E-state index in [1.165, 1.54) is 0 Å². The van der Waals surface area contributed by atoms with Crippen molar-refractivity contribution >= 4 is 0 Å².